The Morgan fingerprint density at radius 1 is 1.39 bits per heavy atom. The molecule has 1 unspecified atom stereocenters. The number of ether oxygens (including phenoxy) is 1. The van der Waals surface area contributed by atoms with Crippen LogP contribution in [0.4, 0.5) is 5.69 Å². The van der Waals surface area contributed by atoms with Crippen LogP contribution in [0, 0.1) is 0 Å². The molecule has 6 nitrogen and oxygen atoms in total. The Balaban J connectivity index is 0.00000264. The molecule has 0 bridgehead atoms. The third-order valence-electron chi connectivity index (χ3n) is 3.62. The zero-order valence-electron chi connectivity index (χ0n) is 13.7. The SMILES string of the molecule is CC1Oc2ccccc2N(CCC(=O)NC(C)(C)CN)C1=O.Cl. The highest BCUT2D eigenvalue weighted by Gasteiger charge is 2.31. The monoisotopic (exact) mass is 341 g/mol. The molecule has 0 aromatic heterocycles. The summed E-state index contributed by atoms with van der Waals surface area (Å²) < 4.78 is 5.57. The van der Waals surface area contributed by atoms with Gasteiger partial charge in [-0.2, -0.15) is 0 Å². The Labute approximate surface area is 142 Å². The number of halogens is 1. The molecule has 0 aliphatic carbocycles. The number of hydrogen-bond donors (Lipinski definition) is 2. The van der Waals surface area contributed by atoms with Gasteiger partial charge in [0, 0.05) is 25.0 Å². The summed E-state index contributed by atoms with van der Waals surface area (Å²) in [6.45, 7) is 6.11. The van der Waals surface area contributed by atoms with E-state index in [1.165, 1.54) is 0 Å². The number of para-hydroxylation sites is 2. The van der Waals surface area contributed by atoms with Crippen molar-refractivity contribution in [2.24, 2.45) is 5.73 Å². The van der Waals surface area contributed by atoms with Gasteiger partial charge in [-0.25, -0.2) is 0 Å². The summed E-state index contributed by atoms with van der Waals surface area (Å²) in [5.41, 5.74) is 5.86. The molecule has 0 radical (unpaired) electrons. The van der Waals surface area contributed by atoms with Gasteiger partial charge in [0.15, 0.2) is 6.10 Å². The molecule has 23 heavy (non-hydrogen) atoms. The molecule has 3 N–H and O–H groups in total. The fourth-order valence-corrected chi connectivity index (χ4v) is 2.29. The number of rotatable bonds is 5. The summed E-state index contributed by atoms with van der Waals surface area (Å²) in [5.74, 6) is 0.404. The average Bonchev–Trinajstić information content (AvgIpc) is 2.47. The molecular formula is C16H24ClN3O3. The van der Waals surface area contributed by atoms with Crippen LogP contribution >= 0.6 is 12.4 Å². The van der Waals surface area contributed by atoms with Crippen LogP contribution in [0.3, 0.4) is 0 Å². The van der Waals surface area contributed by atoms with Gasteiger partial charge in [-0.15, -0.1) is 12.4 Å². The van der Waals surface area contributed by atoms with Gasteiger partial charge in [0.1, 0.15) is 5.75 Å². The Bertz CT molecular complexity index is 577. The van der Waals surface area contributed by atoms with E-state index >= 15 is 0 Å². The van der Waals surface area contributed by atoms with Crippen LogP contribution in [0.25, 0.3) is 0 Å². The molecule has 1 aliphatic heterocycles. The smallest absolute Gasteiger partial charge is 0.267 e. The van der Waals surface area contributed by atoms with E-state index in [4.69, 9.17) is 10.5 Å². The molecule has 1 aromatic rings. The van der Waals surface area contributed by atoms with Crippen molar-refractivity contribution in [2.45, 2.75) is 38.8 Å². The maximum atomic E-state index is 12.3. The van der Waals surface area contributed by atoms with E-state index in [9.17, 15) is 9.59 Å². The highest BCUT2D eigenvalue weighted by atomic mass is 35.5. The normalized spacial score (nSPS) is 17.0. The van der Waals surface area contributed by atoms with Crippen molar-refractivity contribution in [3.05, 3.63) is 24.3 Å². The molecule has 1 heterocycles. The Morgan fingerprint density at radius 3 is 2.70 bits per heavy atom. The predicted octanol–water partition coefficient (Wildman–Crippen LogP) is 1.47. The molecule has 2 amide bonds. The van der Waals surface area contributed by atoms with E-state index < -0.39 is 11.6 Å². The zero-order valence-corrected chi connectivity index (χ0v) is 14.5. The average molecular weight is 342 g/mol. The van der Waals surface area contributed by atoms with Crippen molar-refractivity contribution in [3.8, 4) is 5.75 Å². The van der Waals surface area contributed by atoms with Gasteiger partial charge in [-0.3, -0.25) is 9.59 Å². The van der Waals surface area contributed by atoms with Crippen molar-refractivity contribution in [1.82, 2.24) is 5.32 Å². The topological polar surface area (TPSA) is 84.7 Å². The summed E-state index contributed by atoms with van der Waals surface area (Å²) in [6.07, 6.45) is -0.325. The first-order valence-corrected chi connectivity index (χ1v) is 7.42. The van der Waals surface area contributed by atoms with Crippen molar-refractivity contribution in [3.63, 3.8) is 0 Å². The van der Waals surface area contributed by atoms with Gasteiger partial charge in [-0.05, 0) is 32.9 Å². The number of amides is 2. The molecule has 0 saturated heterocycles. The lowest BCUT2D eigenvalue weighted by Gasteiger charge is -2.33. The Hall–Kier alpha value is -1.79. The molecule has 0 fully saturated rings. The third kappa shape index (κ3) is 4.59. The Morgan fingerprint density at radius 2 is 2.04 bits per heavy atom. The molecule has 0 spiro atoms. The minimum absolute atomic E-state index is 0. The van der Waals surface area contributed by atoms with Gasteiger partial charge in [0.05, 0.1) is 5.69 Å². The lowest BCUT2D eigenvalue weighted by molar-refractivity contribution is -0.125. The number of fused-ring (bicyclic) bond motifs is 1. The maximum Gasteiger partial charge on any atom is 0.267 e. The number of hydrogen-bond acceptors (Lipinski definition) is 4. The first-order chi connectivity index (χ1) is 10.3. The Kier molecular flexibility index (Phi) is 6.41. The predicted molar refractivity (Wildman–Crippen MR) is 92.0 cm³/mol. The quantitative estimate of drug-likeness (QED) is 0.849. The van der Waals surface area contributed by atoms with Crippen LogP contribution < -0.4 is 20.7 Å². The number of nitrogens with two attached hydrogens (primary N) is 1. The molecule has 0 saturated carbocycles. The summed E-state index contributed by atoms with van der Waals surface area (Å²) >= 11 is 0. The van der Waals surface area contributed by atoms with E-state index in [-0.39, 0.29) is 30.6 Å². The highest BCUT2D eigenvalue weighted by molar-refractivity contribution is 6.00. The van der Waals surface area contributed by atoms with E-state index in [0.717, 1.165) is 0 Å². The lowest BCUT2D eigenvalue weighted by atomic mass is 10.1. The van der Waals surface area contributed by atoms with E-state index in [1.807, 2.05) is 38.1 Å². The standard InChI is InChI=1S/C16H23N3O3.ClH/c1-11-15(21)19(12-6-4-5-7-13(12)22-11)9-8-14(20)18-16(2,3)10-17;/h4-7,11H,8-10,17H2,1-3H3,(H,18,20);1H. The number of nitrogens with zero attached hydrogens (tertiary/aromatic N) is 1. The largest absolute Gasteiger partial charge is 0.479 e. The molecule has 7 heteroatoms. The van der Waals surface area contributed by atoms with Gasteiger partial charge < -0.3 is 20.7 Å². The zero-order chi connectivity index (χ0) is 16.3. The molecule has 128 valence electrons. The van der Waals surface area contributed by atoms with Crippen molar-refractivity contribution in [1.29, 1.82) is 0 Å². The van der Waals surface area contributed by atoms with E-state index in [0.29, 0.717) is 24.5 Å². The van der Waals surface area contributed by atoms with Crippen LogP contribution in [0.1, 0.15) is 27.2 Å². The van der Waals surface area contributed by atoms with Gasteiger partial charge >= 0.3 is 0 Å². The number of nitrogens with one attached hydrogen (secondary N) is 1. The lowest BCUT2D eigenvalue weighted by Crippen LogP contribution is -2.50. The summed E-state index contributed by atoms with van der Waals surface area (Å²) in [4.78, 5) is 25.9. The fourth-order valence-electron chi connectivity index (χ4n) is 2.29. The molecular weight excluding hydrogens is 318 g/mol. The second-order valence-electron chi connectivity index (χ2n) is 6.10. The highest BCUT2D eigenvalue weighted by Crippen LogP contribution is 2.33. The number of anilines is 1. The van der Waals surface area contributed by atoms with Gasteiger partial charge in [0.25, 0.3) is 5.91 Å². The minimum Gasteiger partial charge on any atom is -0.479 e. The van der Waals surface area contributed by atoms with Crippen molar-refractivity contribution in [2.75, 3.05) is 18.0 Å². The molecule has 1 aromatic carbocycles. The molecule has 1 atom stereocenters. The van der Waals surface area contributed by atoms with Crippen LogP contribution in [0.15, 0.2) is 24.3 Å². The van der Waals surface area contributed by atoms with Crippen molar-refractivity contribution < 1.29 is 14.3 Å². The van der Waals surface area contributed by atoms with E-state index in [1.54, 1.807) is 11.8 Å². The molecule has 1 aliphatic rings. The summed E-state index contributed by atoms with van der Waals surface area (Å²) in [5, 5.41) is 2.86. The molecule has 2 rings (SSSR count). The van der Waals surface area contributed by atoms with Gasteiger partial charge in [0.2, 0.25) is 5.91 Å². The second-order valence-corrected chi connectivity index (χ2v) is 6.10. The minimum atomic E-state index is -0.543. The van der Waals surface area contributed by atoms with Crippen LogP contribution in [0.2, 0.25) is 0 Å². The summed E-state index contributed by atoms with van der Waals surface area (Å²) in [7, 11) is 0. The van der Waals surface area contributed by atoms with E-state index in [2.05, 4.69) is 5.32 Å². The van der Waals surface area contributed by atoms with Gasteiger partial charge in [-0.1, -0.05) is 12.1 Å². The second kappa shape index (κ2) is 7.66. The number of benzene rings is 1. The van der Waals surface area contributed by atoms with Crippen molar-refractivity contribution >= 4 is 29.9 Å². The van der Waals surface area contributed by atoms with Crippen LogP contribution in [-0.2, 0) is 9.59 Å². The number of carbonyl (C=O) groups excluding carboxylic acids is 2. The third-order valence-corrected chi connectivity index (χ3v) is 3.62. The van der Waals surface area contributed by atoms with Crippen LogP contribution in [-0.4, -0.2) is 36.5 Å². The fraction of sp³-hybridized carbons (Fsp3) is 0.500. The number of carbonyl (C=O) groups is 2. The first-order valence-electron chi connectivity index (χ1n) is 7.42. The maximum absolute atomic E-state index is 12.3. The summed E-state index contributed by atoms with van der Waals surface area (Å²) in [6, 6.07) is 7.34. The first kappa shape index (κ1) is 19.3. The van der Waals surface area contributed by atoms with Crippen LogP contribution in [0.5, 0.6) is 5.75 Å².